The summed E-state index contributed by atoms with van der Waals surface area (Å²) in [5.74, 6) is 4.99. The molecule has 0 bridgehead atoms. The second-order valence-corrected chi connectivity index (χ2v) is 8.39. The Morgan fingerprint density at radius 1 is 1.08 bits per heavy atom. The van der Waals surface area contributed by atoms with E-state index in [4.69, 9.17) is 5.10 Å². The van der Waals surface area contributed by atoms with Crippen molar-refractivity contribution in [1.82, 2.24) is 24.7 Å². The van der Waals surface area contributed by atoms with Crippen molar-refractivity contribution in [1.29, 1.82) is 0 Å². The first-order chi connectivity index (χ1) is 12.3. The van der Waals surface area contributed by atoms with Crippen LogP contribution in [-0.2, 0) is 4.79 Å². The molecule has 3 aliphatic rings. The molecule has 4 heterocycles. The molecule has 5 rings (SSSR count). The normalized spacial score (nSPS) is 24.2. The highest BCUT2D eigenvalue weighted by molar-refractivity contribution is 7.99. The maximum Gasteiger partial charge on any atom is 0.227 e. The summed E-state index contributed by atoms with van der Waals surface area (Å²) >= 11 is 1.94. The fourth-order valence-corrected chi connectivity index (χ4v) is 4.68. The van der Waals surface area contributed by atoms with Gasteiger partial charge in [0, 0.05) is 43.6 Å². The van der Waals surface area contributed by atoms with Crippen molar-refractivity contribution in [2.45, 2.75) is 25.2 Å². The van der Waals surface area contributed by atoms with Crippen LogP contribution < -0.4 is 4.90 Å². The Bertz CT molecular complexity index is 798. The van der Waals surface area contributed by atoms with E-state index in [-0.39, 0.29) is 5.92 Å². The van der Waals surface area contributed by atoms with Gasteiger partial charge in [0.1, 0.15) is 5.82 Å². The number of nitrogens with zero attached hydrogens (tertiary/aromatic N) is 6. The second kappa shape index (κ2) is 6.16. The van der Waals surface area contributed by atoms with Gasteiger partial charge >= 0.3 is 0 Å². The Morgan fingerprint density at radius 2 is 1.92 bits per heavy atom. The monoisotopic (exact) mass is 358 g/mol. The predicted molar refractivity (Wildman–Crippen MR) is 97.0 cm³/mol. The Kier molecular flexibility index (Phi) is 3.80. The van der Waals surface area contributed by atoms with Gasteiger partial charge in [0.25, 0.3) is 0 Å². The maximum absolute atomic E-state index is 12.7. The molecule has 25 heavy (non-hydrogen) atoms. The first-order valence-corrected chi connectivity index (χ1v) is 10.3. The zero-order valence-corrected chi connectivity index (χ0v) is 15.0. The summed E-state index contributed by atoms with van der Waals surface area (Å²) in [7, 11) is 0. The molecule has 1 unspecified atom stereocenters. The lowest BCUT2D eigenvalue weighted by molar-refractivity contribution is -0.134. The van der Waals surface area contributed by atoms with E-state index in [0.717, 1.165) is 61.4 Å². The van der Waals surface area contributed by atoms with E-state index in [1.54, 1.807) is 0 Å². The summed E-state index contributed by atoms with van der Waals surface area (Å²) < 4.78 is 1.89. The molecular formula is C17H22N6OS. The van der Waals surface area contributed by atoms with Crippen molar-refractivity contribution in [2.75, 3.05) is 42.6 Å². The van der Waals surface area contributed by atoms with Gasteiger partial charge in [0.05, 0.1) is 5.92 Å². The molecule has 1 aliphatic carbocycles. The van der Waals surface area contributed by atoms with Crippen LogP contribution in [0, 0.1) is 5.92 Å². The number of rotatable bonds is 3. The molecular weight excluding hydrogens is 336 g/mol. The number of aromatic nitrogens is 4. The van der Waals surface area contributed by atoms with E-state index in [0.29, 0.717) is 11.8 Å². The first kappa shape index (κ1) is 15.4. The van der Waals surface area contributed by atoms with Crippen LogP contribution in [0.5, 0.6) is 0 Å². The van der Waals surface area contributed by atoms with Gasteiger partial charge in [-0.25, -0.2) is 0 Å². The van der Waals surface area contributed by atoms with E-state index in [9.17, 15) is 4.79 Å². The van der Waals surface area contributed by atoms with Gasteiger partial charge in [0.15, 0.2) is 11.5 Å². The van der Waals surface area contributed by atoms with E-state index >= 15 is 0 Å². The smallest absolute Gasteiger partial charge is 0.227 e. The maximum atomic E-state index is 12.7. The van der Waals surface area contributed by atoms with Gasteiger partial charge < -0.3 is 9.80 Å². The van der Waals surface area contributed by atoms with Crippen LogP contribution >= 0.6 is 11.8 Å². The van der Waals surface area contributed by atoms with E-state index in [1.165, 1.54) is 12.8 Å². The Labute approximate surface area is 150 Å². The molecule has 1 saturated carbocycles. The van der Waals surface area contributed by atoms with Crippen molar-refractivity contribution in [2.24, 2.45) is 5.92 Å². The standard InChI is InChI=1S/C17H22N6OS/c24-17(21-7-9-25-10-8-21)13-5-6-22(11-13)15-4-3-14-18-19-16(12-1-2-12)23(14)20-15/h3-4,12-13H,1-2,5-11H2. The van der Waals surface area contributed by atoms with Gasteiger partial charge in [-0.15, -0.1) is 15.3 Å². The van der Waals surface area contributed by atoms with Crippen molar-refractivity contribution >= 4 is 29.1 Å². The molecule has 0 spiro atoms. The number of amides is 1. The van der Waals surface area contributed by atoms with Gasteiger partial charge in [-0.1, -0.05) is 0 Å². The number of hydrogen-bond acceptors (Lipinski definition) is 6. The topological polar surface area (TPSA) is 66.6 Å². The largest absolute Gasteiger partial charge is 0.354 e. The van der Waals surface area contributed by atoms with E-state index in [1.807, 2.05) is 33.3 Å². The number of hydrogen-bond donors (Lipinski definition) is 0. The summed E-state index contributed by atoms with van der Waals surface area (Å²) in [6.45, 7) is 3.45. The second-order valence-electron chi connectivity index (χ2n) is 7.16. The van der Waals surface area contributed by atoms with E-state index < -0.39 is 0 Å². The lowest BCUT2D eigenvalue weighted by atomic mass is 10.1. The number of carbonyl (C=O) groups excluding carboxylic acids is 1. The summed E-state index contributed by atoms with van der Waals surface area (Å²) in [4.78, 5) is 17.0. The molecule has 8 heteroatoms. The Morgan fingerprint density at radius 3 is 2.72 bits per heavy atom. The number of fused-ring (bicyclic) bond motifs is 1. The van der Waals surface area contributed by atoms with Crippen LogP contribution in [0.25, 0.3) is 5.65 Å². The van der Waals surface area contributed by atoms with Crippen LogP contribution in [0.4, 0.5) is 5.82 Å². The molecule has 1 amide bonds. The minimum absolute atomic E-state index is 0.101. The predicted octanol–water partition coefficient (Wildman–Crippen LogP) is 1.40. The number of anilines is 1. The molecule has 2 aliphatic heterocycles. The summed E-state index contributed by atoms with van der Waals surface area (Å²) in [5.41, 5.74) is 0.809. The highest BCUT2D eigenvalue weighted by atomic mass is 32.2. The Hall–Kier alpha value is -1.83. The highest BCUT2D eigenvalue weighted by Gasteiger charge is 2.33. The lowest BCUT2D eigenvalue weighted by Gasteiger charge is -2.29. The third-order valence-electron chi connectivity index (χ3n) is 5.40. The molecule has 2 aromatic heterocycles. The third kappa shape index (κ3) is 2.86. The van der Waals surface area contributed by atoms with Crippen LogP contribution in [0.1, 0.15) is 31.0 Å². The van der Waals surface area contributed by atoms with Gasteiger partial charge in [-0.2, -0.15) is 16.3 Å². The number of thioether (sulfide) groups is 1. The van der Waals surface area contributed by atoms with Gasteiger partial charge in [0.2, 0.25) is 5.91 Å². The minimum atomic E-state index is 0.101. The van der Waals surface area contributed by atoms with Gasteiger partial charge in [-0.3, -0.25) is 4.79 Å². The first-order valence-electron chi connectivity index (χ1n) is 9.13. The third-order valence-corrected chi connectivity index (χ3v) is 6.34. The van der Waals surface area contributed by atoms with Crippen molar-refractivity contribution in [3.05, 3.63) is 18.0 Å². The number of carbonyl (C=O) groups is 1. The molecule has 0 radical (unpaired) electrons. The summed E-state index contributed by atoms with van der Waals surface area (Å²) in [6, 6.07) is 3.99. The average Bonchev–Trinajstić information content (AvgIpc) is 3.22. The molecule has 7 nitrogen and oxygen atoms in total. The molecule has 132 valence electrons. The molecule has 2 saturated heterocycles. The fraction of sp³-hybridized carbons (Fsp3) is 0.647. The van der Waals surface area contributed by atoms with Crippen LogP contribution in [0.2, 0.25) is 0 Å². The van der Waals surface area contributed by atoms with Crippen molar-refractivity contribution < 1.29 is 4.79 Å². The van der Waals surface area contributed by atoms with E-state index in [2.05, 4.69) is 15.1 Å². The van der Waals surface area contributed by atoms with Crippen molar-refractivity contribution in [3.8, 4) is 0 Å². The van der Waals surface area contributed by atoms with Crippen LogP contribution in [0.3, 0.4) is 0 Å². The fourth-order valence-electron chi connectivity index (χ4n) is 3.77. The molecule has 0 aromatic carbocycles. The van der Waals surface area contributed by atoms with Gasteiger partial charge in [-0.05, 0) is 31.4 Å². The SMILES string of the molecule is O=C(C1CCN(c2ccc3nnc(C4CC4)n3n2)C1)N1CCSCC1. The molecule has 1 atom stereocenters. The zero-order chi connectivity index (χ0) is 16.8. The molecule has 3 fully saturated rings. The highest BCUT2D eigenvalue weighted by Crippen LogP contribution is 2.38. The molecule has 0 N–H and O–H groups in total. The Balaban J connectivity index is 1.33. The lowest BCUT2D eigenvalue weighted by Crippen LogP contribution is -2.42. The van der Waals surface area contributed by atoms with Crippen LogP contribution in [0.15, 0.2) is 12.1 Å². The molecule has 2 aromatic rings. The van der Waals surface area contributed by atoms with Crippen LogP contribution in [-0.4, -0.2) is 68.3 Å². The van der Waals surface area contributed by atoms with Crippen molar-refractivity contribution in [3.63, 3.8) is 0 Å². The minimum Gasteiger partial charge on any atom is -0.354 e. The zero-order valence-electron chi connectivity index (χ0n) is 14.2. The quantitative estimate of drug-likeness (QED) is 0.826. The summed E-state index contributed by atoms with van der Waals surface area (Å²) in [5, 5.41) is 13.3. The average molecular weight is 358 g/mol. The summed E-state index contributed by atoms with van der Waals surface area (Å²) in [6.07, 6.45) is 3.28.